The molecule has 0 aliphatic carbocycles. The molecule has 0 aliphatic rings. The summed E-state index contributed by atoms with van der Waals surface area (Å²) in [5, 5.41) is 0. The van der Waals surface area contributed by atoms with Crippen LogP contribution in [0.25, 0.3) is 33.6 Å². The lowest BCUT2D eigenvalue weighted by atomic mass is 10.00. The van der Waals surface area contributed by atoms with Gasteiger partial charge >= 0.3 is 0 Å². The predicted octanol–water partition coefficient (Wildman–Crippen LogP) is 7.04. The van der Waals surface area contributed by atoms with Gasteiger partial charge in [-0.25, -0.2) is 4.98 Å². The van der Waals surface area contributed by atoms with Crippen molar-refractivity contribution >= 4 is 11.4 Å². The van der Waals surface area contributed by atoms with Gasteiger partial charge in [-0.2, -0.15) is 0 Å². The van der Waals surface area contributed by atoms with E-state index in [1.165, 1.54) is 0 Å². The van der Waals surface area contributed by atoms with E-state index in [4.69, 9.17) is 21.2 Å². The zero-order chi connectivity index (χ0) is 22.6. The van der Waals surface area contributed by atoms with Crippen molar-refractivity contribution in [1.29, 1.82) is 0 Å². The summed E-state index contributed by atoms with van der Waals surface area (Å²) >= 11 is 0. The fourth-order valence-corrected chi connectivity index (χ4v) is 3.71. The second-order valence-corrected chi connectivity index (χ2v) is 7.78. The standard InChI is InChI=1S/C29H23N3O/c30-24-13-16-29(26(31)19-24)33-25-14-11-20(12-15-25)23-17-27(21-7-3-1-4-8-21)32-28(18-23)22-9-5-2-6-10-22/h1-19H,30-31H2. The van der Waals surface area contributed by atoms with E-state index in [1.807, 2.05) is 60.7 Å². The van der Waals surface area contributed by atoms with E-state index in [0.29, 0.717) is 22.9 Å². The summed E-state index contributed by atoms with van der Waals surface area (Å²) in [5.74, 6) is 1.29. The van der Waals surface area contributed by atoms with Crippen molar-refractivity contribution in [3.8, 4) is 45.1 Å². The lowest BCUT2D eigenvalue weighted by molar-refractivity contribution is 0.485. The zero-order valence-corrected chi connectivity index (χ0v) is 18.0. The normalized spacial score (nSPS) is 10.7. The van der Waals surface area contributed by atoms with Gasteiger partial charge in [-0.1, -0.05) is 72.8 Å². The number of hydrogen-bond donors (Lipinski definition) is 2. The maximum atomic E-state index is 6.02. The van der Waals surface area contributed by atoms with Crippen molar-refractivity contribution in [2.24, 2.45) is 0 Å². The first-order chi connectivity index (χ1) is 16.2. The average Bonchev–Trinajstić information content (AvgIpc) is 2.87. The summed E-state index contributed by atoms with van der Waals surface area (Å²) in [6, 6.07) is 37.9. The van der Waals surface area contributed by atoms with Crippen molar-refractivity contribution < 1.29 is 4.74 Å². The van der Waals surface area contributed by atoms with E-state index in [9.17, 15) is 0 Å². The average molecular weight is 430 g/mol. The van der Waals surface area contributed by atoms with Gasteiger partial charge in [0.2, 0.25) is 0 Å². The molecule has 5 rings (SSSR count). The smallest absolute Gasteiger partial charge is 0.150 e. The SMILES string of the molecule is Nc1ccc(Oc2ccc(-c3cc(-c4ccccc4)nc(-c4ccccc4)c3)cc2)c(N)c1. The molecule has 0 atom stereocenters. The Morgan fingerprint density at radius 3 is 1.64 bits per heavy atom. The lowest BCUT2D eigenvalue weighted by Crippen LogP contribution is -1.94. The molecule has 33 heavy (non-hydrogen) atoms. The Bertz CT molecular complexity index is 1320. The summed E-state index contributed by atoms with van der Waals surface area (Å²) in [5.41, 5.74) is 19.1. The van der Waals surface area contributed by atoms with Crippen molar-refractivity contribution in [2.45, 2.75) is 0 Å². The highest BCUT2D eigenvalue weighted by Gasteiger charge is 2.09. The molecule has 4 heteroatoms. The maximum absolute atomic E-state index is 6.02. The third kappa shape index (κ3) is 4.55. The minimum absolute atomic E-state index is 0.508. The molecule has 160 valence electrons. The van der Waals surface area contributed by atoms with Crippen LogP contribution in [0.2, 0.25) is 0 Å². The van der Waals surface area contributed by atoms with Crippen LogP contribution in [0, 0.1) is 0 Å². The molecule has 0 spiro atoms. The van der Waals surface area contributed by atoms with Crippen LogP contribution in [0.1, 0.15) is 0 Å². The Balaban J connectivity index is 1.51. The van der Waals surface area contributed by atoms with Crippen LogP contribution in [0.4, 0.5) is 11.4 Å². The van der Waals surface area contributed by atoms with E-state index in [-0.39, 0.29) is 0 Å². The van der Waals surface area contributed by atoms with Crippen LogP contribution < -0.4 is 16.2 Å². The molecule has 0 amide bonds. The van der Waals surface area contributed by atoms with E-state index < -0.39 is 0 Å². The van der Waals surface area contributed by atoms with Gasteiger partial charge in [0.25, 0.3) is 0 Å². The number of hydrogen-bond acceptors (Lipinski definition) is 4. The minimum atomic E-state index is 0.508. The number of aromatic nitrogens is 1. The second kappa shape index (κ2) is 8.89. The molecule has 0 saturated heterocycles. The van der Waals surface area contributed by atoms with Gasteiger partial charge < -0.3 is 16.2 Å². The van der Waals surface area contributed by atoms with E-state index in [2.05, 4.69) is 36.4 Å². The molecule has 0 fully saturated rings. The molecular formula is C29H23N3O. The molecule has 1 heterocycles. The first-order valence-electron chi connectivity index (χ1n) is 10.7. The van der Waals surface area contributed by atoms with Crippen LogP contribution in [0.15, 0.2) is 115 Å². The minimum Gasteiger partial charge on any atom is -0.455 e. The summed E-state index contributed by atoms with van der Waals surface area (Å²) in [6.07, 6.45) is 0. The molecule has 0 bridgehead atoms. The Labute approximate surface area is 193 Å². The number of ether oxygens (including phenoxy) is 1. The zero-order valence-electron chi connectivity index (χ0n) is 18.0. The van der Waals surface area contributed by atoms with Gasteiger partial charge in [0.1, 0.15) is 11.5 Å². The maximum Gasteiger partial charge on any atom is 0.150 e. The molecule has 0 radical (unpaired) electrons. The van der Waals surface area contributed by atoms with Crippen molar-refractivity contribution in [3.63, 3.8) is 0 Å². The van der Waals surface area contributed by atoms with Gasteiger partial charge in [0, 0.05) is 16.8 Å². The summed E-state index contributed by atoms with van der Waals surface area (Å²) in [6.45, 7) is 0. The largest absolute Gasteiger partial charge is 0.455 e. The van der Waals surface area contributed by atoms with Crippen molar-refractivity contribution in [1.82, 2.24) is 4.98 Å². The monoisotopic (exact) mass is 429 g/mol. The Hall–Kier alpha value is -4.57. The molecule has 0 unspecified atom stereocenters. The molecule has 4 aromatic carbocycles. The van der Waals surface area contributed by atoms with Crippen LogP contribution in [-0.2, 0) is 0 Å². The molecule has 1 aromatic heterocycles. The molecule has 4 N–H and O–H groups in total. The second-order valence-electron chi connectivity index (χ2n) is 7.78. The molecule has 5 aromatic rings. The Morgan fingerprint density at radius 1 is 0.515 bits per heavy atom. The summed E-state index contributed by atoms with van der Waals surface area (Å²) in [4.78, 5) is 4.94. The van der Waals surface area contributed by atoms with Gasteiger partial charge in [0.15, 0.2) is 0 Å². The Kier molecular flexibility index (Phi) is 5.48. The van der Waals surface area contributed by atoms with E-state index in [0.717, 1.165) is 33.6 Å². The number of anilines is 2. The third-order valence-electron chi connectivity index (χ3n) is 5.41. The molecule has 0 saturated carbocycles. The van der Waals surface area contributed by atoms with E-state index >= 15 is 0 Å². The fourth-order valence-electron chi connectivity index (χ4n) is 3.71. The summed E-state index contributed by atoms with van der Waals surface area (Å²) < 4.78 is 5.95. The highest BCUT2D eigenvalue weighted by molar-refractivity contribution is 5.76. The summed E-state index contributed by atoms with van der Waals surface area (Å²) in [7, 11) is 0. The first kappa shape index (κ1) is 20.3. The Morgan fingerprint density at radius 2 is 1.09 bits per heavy atom. The van der Waals surface area contributed by atoms with E-state index in [1.54, 1.807) is 18.2 Å². The van der Waals surface area contributed by atoms with Crippen molar-refractivity contribution in [3.05, 3.63) is 115 Å². The van der Waals surface area contributed by atoms with Crippen LogP contribution in [0.3, 0.4) is 0 Å². The highest BCUT2D eigenvalue weighted by Crippen LogP contribution is 2.33. The van der Waals surface area contributed by atoms with Gasteiger partial charge in [-0.05, 0) is 53.6 Å². The number of pyridine rings is 1. The van der Waals surface area contributed by atoms with Gasteiger partial charge in [-0.15, -0.1) is 0 Å². The third-order valence-corrected chi connectivity index (χ3v) is 5.41. The number of benzene rings is 4. The number of nitrogens with zero attached hydrogens (tertiary/aromatic N) is 1. The number of nitrogens with two attached hydrogens (primary N) is 2. The van der Waals surface area contributed by atoms with Crippen LogP contribution >= 0.6 is 0 Å². The highest BCUT2D eigenvalue weighted by atomic mass is 16.5. The number of nitrogen functional groups attached to an aromatic ring is 2. The van der Waals surface area contributed by atoms with Gasteiger partial charge in [-0.3, -0.25) is 0 Å². The topological polar surface area (TPSA) is 74.2 Å². The van der Waals surface area contributed by atoms with Gasteiger partial charge in [0.05, 0.1) is 17.1 Å². The number of rotatable bonds is 5. The van der Waals surface area contributed by atoms with Crippen LogP contribution in [0.5, 0.6) is 11.5 Å². The molecule has 0 aliphatic heterocycles. The van der Waals surface area contributed by atoms with Crippen molar-refractivity contribution in [2.75, 3.05) is 11.5 Å². The molecule has 4 nitrogen and oxygen atoms in total. The predicted molar refractivity (Wildman–Crippen MR) is 136 cm³/mol. The molecular weight excluding hydrogens is 406 g/mol. The fraction of sp³-hybridized carbons (Fsp3) is 0. The quantitative estimate of drug-likeness (QED) is 0.294. The van der Waals surface area contributed by atoms with Crippen LogP contribution in [-0.4, -0.2) is 4.98 Å². The first-order valence-corrected chi connectivity index (χ1v) is 10.7. The lowest BCUT2D eigenvalue weighted by Gasteiger charge is -2.12.